The van der Waals surface area contributed by atoms with Crippen LogP contribution in [0.15, 0.2) is 213 Å². The molecule has 5 aromatic carbocycles. The number of hydrogen-bond acceptors (Lipinski definition) is 9. The fourth-order valence-electron chi connectivity index (χ4n) is 8.75. The van der Waals surface area contributed by atoms with E-state index in [0.717, 1.165) is 52.8 Å². The summed E-state index contributed by atoms with van der Waals surface area (Å²) in [6, 6.07) is 45.5. The highest BCUT2D eigenvalue weighted by Gasteiger charge is 2.19. The number of aromatic nitrogens is 5. The van der Waals surface area contributed by atoms with Crippen LogP contribution in [0.2, 0.25) is 0 Å². The summed E-state index contributed by atoms with van der Waals surface area (Å²) in [4.78, 5) is 48.6. The van der Waals surface area contributed by atoms with Gasteiger partial charge in [0.1, 0.15) is 5.82 Å². The number of rotatable bonds is 11. The summed E-state index contributed by atoms with van der Waals surface area (Å²) < 4.78 is 104. The third kappa shape index (κ3) is 8.52. The Morgan fingerprint density at radius 3 is 1.51 bits per heavy atom. The molecular weight excluding hydrogens is 886 g/mol. The second-order valence-corrected chi connectivity index (χ2v) is 16.6. The van der Waals surface area contributed by atoms with Gasteiger partial charge in [0.15, 0.2) is 0 Å². The Kier molecular flexibility index (Phi) is 9.01. The Morgan fingerprint density at radius 1 is 0.394 bits per heavy atom. The van der Waals surface area contributed by atoms with Gasteiger partial charge < -0.3 is 8.83 Å². The first-order chi connectivity index (χ1) is 37.9. The van der Waals surface area contributed by atoms with Gasteiger partial charge in [-0.25, -0.2) is 23.9 Å². The van der Waals surface area contributed by atoms with Gasteiger partial charge in [0.2, 0.25) is 11.4 Å². The van der Waals surface area contributed by atoms with Crippen molar-refractivity contribution >= 4 is 44.0 Å². The highest BCUT2D eigenvalue weighted by Crippen LogP contribution is 2.41. The Labute approximate surface area is 416 Å². The van der Waals surface area contributed by atoms with Crippen LogP contribution in [-0.2, 0) is 25.5 Å². The summed E-state index contributed by atoms with van der Waals surface area (Å²) in [5.41, 5.74) is 2.54. The van der Waals surface area contributed by atoms with E-state index in [4.69, 9.17) is 13.8 Å². The molecule has 12 aromatic rings. The minimum Gasteiger partial charge on any atom is -0.403 e. The maximum atomic E-state index is 16.1. The van der Waals surface area contributed by atoms with Crippen LogP contribution in [-0.4, -0.2) is 24.9 Å². The quantitative estimate of drug-likeness (QED) is 0.117. The van der Waals surface area contributed by atoms with Gasteiger partial charge in [-0.15, -0.1) is 0 Å². The van der Waals surface area contributed by atoms with Crippen LogP contribution in [0, 0.1) is 5.82 Å². The van der Waals surface area contributed by atoms with Crippen LogP contribution in [0.25, 0.3) is 99.8 Å². The molecule has 71 heavy (non-hydrogen) atoms. The molecule has 12 rings (SSSR count). The van der Waals surface area contributed by atoms with Crippen LogP contribution in [0.3, 0.4) is 0 Å². The lowest BCUT2D eigenvalue weighted by Gasteiger charge is -2.18. The van der Waals surface area contributed by atoms with Crippen LogP contribution in [0.4, 0.5) is 4.39 Å². The monoisotopic (exact) mass is 933 g/mol. The molecule has 0 saturated carbocycles. The molecule has 10 heteroatoms. The smallest absolute Gasteiger partial charge is 0.347 e. The summed E-state index contributed by atoms with van der Waals surface area (Å²) in [5, 5.41) is 0.413. The molecule has 0 saturated heterocycles. The predicted octanol–water partition coefficient (Wildman–Crippen LogP) is 13.2. The SMILES string of the molecule is [2H]C([2H])(c1cc(-c2cc(F)ccc2-c2cnc(-c3ccccc3)cc2-c2ccc(-c3ccccc3)cc2)cc(C([2H])([2H])C([2H])([2H])c2cnc3c(c2)c(=O)oc2ncccc23)c1)C([2H])([2H])c1cnc2c(c1)c(=O)oc1ncccc12. The molecule has 0 N–H and O–H groups in total. The molecule has 0 spiro atoms. The number of halogens is 1. The topological polar surface area (TPSA) is 125 Å². The predicted molar refractivity (Wildman–Crippen MR) is 277 cm³/mol. The van der Waals surface area contributed by atoms with Crippen molar-refractivity contribution in [2.24, 2.45) is 0 Å². The summed E-state index contributed by atoms with van der Waals surface area (Å²) >= 11 is 0. The normalized spacial score (nSPS) is 14.0. The van der Waals surface area contributed by atoms with Gasteiger partial charge in [0.25, 0.3) is 0 Å². The Balaban J connectivity index is 1.06. The average Bonchev–Trinajstić information content (AvgIpc) is 3.48. The van der Waals surface area contributed by atoms with E-state index < -0.39 is 53.7 Å². The van der Waals surface area contributed by atoms with Gasteiger partial charge in [0.05, 0.1) is 38.3 Å². The second kappa shape index (κ2) is 18.3. The van der Waals surface area contributed by atoms with Gasteiger partial charge in [-0.05, 0) is 141 Å². The van der Waals surface area contributed by atoms with E-state index in [1.54, 1.807) is 30.5 Å². The van der Waals surface area contributed by atoms with Crippen LogP contribution in [0.1, 0.15) is 33.2 Å². The van der Waals surface area contributed by atoms with Gasteiger partial charge in [0, 0.05) is 53.1 Å². The molecule has 0 aliphatic heterocycles. The minimum atomic E-state index is -3.15. The lowest BCUT2D eigenvalue weighted by atomic mass is 9.87. The number of hydrogen-bond donors (Lipinski definition) is 0. The third-order valence-corrected chi connectivity index (χ3v) is 12.1. The first-order valence-corrected chi connectivity index (χ1v) is 22.4. The standard InChI is InChI=1S/C61H40FN5O4/c62-46-23-24-47(54-36-65-55(44-11-5-2-6-12-44)33-51(54)43-21-19-42(20-22-43)41-9-3-1-4-10-41)50(32-46)45-28-37(15-17-39-30-52-56(66-34-39)48-13-7-25-63-58(48)70-60(52)68)27-38(29-45)16-18-40-31-53-57(67-35-40)49-14-8-26-64-59(49)71-61(53)69/h1-14,19-36H,15-18H2/i15D2,16D2,17D2,18D2. The molecule has 7 heterocycles. The summed E-state index contributed by atoms with van der Waals surface area (Å²) in [7, 11) is 0. The van der Waals surface area contributed by atoms with Crippen molar-refractivity contribution in [3.8, 4) is 55.8 Å². The van der Waals surface area contributed by atoms with Crippen LogP contribution >= 0.6 is 0 Å². The van der Waals surface area contributed by atoms with Crippen LogP contribution < -0.4 is 11.3 Å². The molecule has 0 aliphatic carbocycles. The molecular formula is C61H40FN5O4. The summed E-state index contributed by atoms with van der Waals surface area (Å²) in [5.74, 6) is -0.724. The van der Waals surface area contributed by atoms with Crippen LogP contribution in [0.5, 0.6) is 0 Å². The first kappa shape index (κ1) is 34.9. The van der Waals surface area contributed by atoms with E-state index in [1.165, 1.54) is 42.7 Å². The third-order valence-electron chi connectivity index (χ3n) is 12.1. The van der Waals surface area contributed by atoms with Gasteiger partial charge >= 0.3 is 11.3 Å². The molecule has 0 radical (unpaired) electrons. The Hall–Kier alpha value is -9.28. The summed E-state index contributed by atoms with van der Waals surface area (Å²) in [6.07, 6.45) is -5.73. The fraction of sp³-hybridized carbons (Fsp3) is 0.0656. The molecule has 0 unspecified atom stereocenters. The van der Waals surface area contributed by atoms with E-state index in [1.807, 2.05) is 91.0 Å². The number of pyridine rings is 5. The maximum absolute atomic E-state index is 16.1. The zero-order chi connectivity index (χ0) is 55.0. The van der Waals surface area contributed by atoms with Gasteiger partial charge in [-0.1, -0.05) is 109 Å². The van der Waals surface area contributed by atoms with E-state index >= 15 is 4.39 Å². The van der Waals surface area contributed by atoms with Crippen molar-refractivity contribution in [1.82, 2.24) is 24.9 Å². The highest BCUT2D eigenvalue weighted by molar-refractivity contribution is 6.01. The number of benzene rings is 5. The largest absolute Gasteiger partial charge is 0.403 e. The van der Waals surface area contributed by atoms with Crippen molar-refractivity contribution in [2.45, 2.75) is 25.5 Å². The second-order valence-electron chi connectivity index (χ2n) is 16.6. The molecule has 0 amide bonds. The Bertz CT molecular complexity index is 4350. The zero-order valence-corrected chi connectivity index (χ0v) is 37.2. The number of nitrogens with zero attached hydrogens (tertiary/aromatic N) is 5. The number of aryl methyl sites for hydroxylation is 4. The van der Waals surface area contributed by atoms with E-state index in [0.29, 0.717) is 33.2 Å². The van der Waals surface area contributed by atoms with Crippen molar-refractivity contribution in [3.63, 3.8) is 0 Å². The molecule has 7 aromatic heterocycles. The van der Waals surface area contributed by atoms with E-state index in [2.05, 4.69) is 19.9 Å². The van der Waals surface area contributed by atoms with Gasteiger partial charge in [-0.2, -0.15) is 0 Å². The first-order valence-electron chi connectivity index (χ1n) is 26.4. The fourth-order valence-corrected chi connectivity index (χ4v) is 8.75. The molecule has 0 bridgehead atoms. The summed E-state index contributed by atoms with van der Waals surface area (Å²) in [6.45, 7) is 0. The highest BCUT2D eigenvalue weighted by atomic mass is 19.1. The van der Waals surface area contributed by atoms with E-state index in [9.17, 15) is 20.6 Å². The van der Waals surface area contributed by atoms with Crippen molar-refractivity contribution in [1.29, 1.82) is 0 Å². The lowest BCUT2D eigenvalue weighted by Crippen LogP contribution is -2.04. The molecule has 340 valence electrons. The lowest BCUT2D eigenvalue weighted by molar-refractivity contribution is 0.557. The minimum absolute atomic E-state index is 0.00137. The maximum Gasteiger partial charge on any atom is 0.347 e. The van der Waals surface area contributed by atoms with Crippen molar-refractivity contribution in [3.05, 3.63) is 244 Å². The molecule has 0 atom stereocenters. The Morgan fingerprint density at radius 2 is 0.915 bits per heavy atom. The van der Waals surface area contributed by atoms with E-state index in [-0.39, 0.29) is 55.5 Å². The molecule has 0 fully saturated rings. The van der Waals surface area contributed by atoms with Crippen molar-refractivity contribution < 1.29 is 24.2 Å². The molecule has 0 aliphatic rings. The number of fused-ring (bicyclic) bond motifs is 6. The average molecular weight is 934 g/mol. The van der Waals surface area contributed by atoms with Gasteiger partial charge in [-0.3, -0.25) is 15.0 Å². The van der Waals surface area contributed by atoms with Crippen molar-refractivity contribution in [2.75, 3.05) is 0 Å². The zero-order valence-electron chi connectivity index (χ0n) is 45.2. The molecule has 9 nitrogen and oxygen atoms in total.